The number of aliphatic hydroxyl groups is 1. The standard InChI is InChI=1S/C29H29NO6S2/c1-33-21-9-5-19(6-10-21)16-37-18-25-28(38-17-20-7-11-22(34-2)12-8-20)27(31)29(32)30(25)24-14-13-23(35-3)15-26(24)36-4/h5-15,18,31H,16-17H2,1-4H3/b25-18-. The summed E-state index contributed by atoms with van der Waals surface area (Å²) >= 11 is 2.94. The zero-order chi connectivity index (χ0) is 27.1. The van der Waals surface area contributed by atoms with Gasteiger partial charge in [-0.3, -0.25) is 9.69 Å². The lowest BCUT2D eigenvalue weighted by Gasteiger charge is -2.22. The van der Waals surface area contributed by atoms with Gasteiger partial charge in [0.1, 0.15) is 23.0 Å². The van der Waals surface area contributed by atoms with E-state index < -0.39 is 5.91 Å². The highest BCUT2D eigenvalue weighted by molar-refractivity contribution is 8.03. The fourth-order valence-corrected chi connectivity index (χ4v) is 5.76. The van der Waals surface area contributed by atoms with Crippen LogP contribution in [0.1, 0.15) is 11.1 Å². The Morgan fingerprint density at radius 3 is 1.87 bits per heavy atom. The molecular weight excluding hydrogens is 522 g/mol. The molecule has 0 aliphatic carbocycles. The summed E-state index contributed by atoms with van der Waals surface area (Å²) in [4.78, 5) is 15.4. The molecule has 0 saturated carbocycles. The van der Waals surface area contributed by atoms with Crippen LogP contribution < -0.4 is 23.8 Å². The lowest BCUT2D eigenvalue weighted by atomic mass is 10.2. The third kappa shape index (κ3) is 6.06. The van der Waals surface area contributed by atoms with Crippen LogP contribution in [0.25, 0.3) is 0 Å². The van der Waals surface area contributed by atoms with E-state index in [1.165, 1.54) is 35.5 Å². The normalized spacial score (nSPS) is 14.3. The molecule has 0 unspecified atom stereocenters. The van der Waals surface area contributed by atoms with Crippen molar-refractivity contribution in [1.29, 1.82) is 0 Å². The number of aliphatic hydroxyl groups excluding tert-OH is 1. The van der Waals surface area contributed by atoms with Crippen LogP contribution in [0.2, 0.25) is 0 Å². The Bertz CT molecular complexity index is 1340. The summed E-state index contributed by atoms with van der Waals surface area (Å²) in [6.07, 6.45) is 0. The van der Waals surface area contributed by atoms with Crippen LogP contribution in [0.5, 0.6) is 23.0 Å². The predicted octanol–water partition coefficient (Wildman–Crippen LogP) is 6.55. The molecule has 9 heteroatoms. The first-order chi connectivity index (χ1) is 18.5. The minimum atomic E-state index is -0.512. The molecule has 0 atom stereocenters. The Kier molecular flexibility index (Phi) is 9.15. The molecular formula is C29H29NO6S2. The van der Waals surface area contributed by atoms with E-state index >= 15 is 0 Å². The molecule has 0 bridgehead atoms. The van der Waals surface area contributed by atoms with Crippen molar-refractivity contribution in [2.45, 2.75) is 11.5 Å². The molecule has 1 amide bonds. The van der Waals surface area contributed by atoms with Crippen LogP contribution in [0.3, 0.4) is 0 Å². The summed E-state index contributed by atoms with van der Waals surface area (Å²) in [6.45, 7) is 0. The molecule has 1 N–H and O–H groups in total. The minimum Gasteiger partial charge on any atom is -0.502 e. The number of ether oxygens (including phenoxy) is 4. The van der Waals surface area contributed by atoms with Gasteiger partial charge >= 0.3 is 0 Å². The summed E-state index contributed by atoms with van der Waals surface area (Å²) < 4.78 is 21.4. The van der Waals surface area contributed by atoms with E-state index in [1.54, 1.807) is 39.5 Å². The zero-order valence-electron chi connectivity index (χ0n) is 21.6. The van der Waals surface area contributed by atoms with Crippen LogP contribution in [-0.4, -0.2) is 39.5 Å². The predicted molar refractivity (Wildman–Crippen MR) is 153 cm³/mol. The van der Waals surface area contributed by atoms with E-state index in [1.807, 2.05) is 53.9 Å². The number of amides is 1. The second-order valence-corrected chi connectivity index (χ2v) is 10.00. The van der Waals surface area contributed by atoms with Gasteiger partial charge in [0.15, 0.2) is 5.76 Å². The van der Waals surface area contributed by atoms with Crippen molar-refractivity contribution in [2.75, 3.05) is 33.3 Å². The summed E-state index contributed by atoms with van der Waals surface area (Å²) in [5.41, 5.74) is 3.25. The Morgan fingerprint density at radius 2 is 1.32 bits per heavy atom. The highest BCUT2D eigenvalue weighted by Gasteiger charge is 2.38. The number of hydrogen-bond acceptors (Lipinski definition) is 8. The zero-order valence-corrected chi connectivity index (χ0v) is 23.2. The maximum absolute atomic E-state index is 13.4. The SMILES string of the molecule is COc1ccc(CS/C=C2/C(SCc3ccc(OC)cc3)=C(O)C(=O)N2c2ccc(OC)cc2OC)cc1. The second kappa shape index (κ2) is 12.7. The van der Waals surface area contributed by atoms with E-state index in [0.29, 0.717) is 39.3 Å². The molecule has 198 valence electrons. The van der Waals surface area contributed by atoms with Gasteiger partial charge in [0.05, 0.1) is 44.7 Å². The third-order valence-electron chi connectivity index (χ3n) is 5.87. The van der Waals surface area contributed by atoms with Crippen molar-refractivity contribution in [3.63, 3.8) is 0 Å². The van der Waals surface area contributed by atoms with E-state index in [2.05, 4.69) is 0 Å². The number of rotatable bonds is 11. The van der Waals surface area contributed by atoms with Crippen LogP contribution in [0.4, 0.5) is 5.69 Å². The lowest BCUT2D eigenvalue weighted by molar-refractivity contribution is -0.116. The molecule has 0 radical (unpaired) electrons. The van der Waals surface area contributed by atoms with Gasteiger partial charge in [0, 0.05) is 17.6 Å². The monoisotopic (exact) mass is 551 g/mol. The lowest BCUT2D eigenvalue weighted by Crippen LogP contribution is -2.25. The Balaban J connectivity index is 1.64. The Hall–Kier alpha value is -3.69. The van der Waals surface area contributed by atoms with Gasteiger partial charge in [-0.25, -0.2) is 0 Å². The van der Waals surface area contributed by atoms with Gasteiger partial charge in [-0.15, -0.1) is 23.5 Å². The van der Waals surface area contributed by atoms with E-state index in [4.69, 9.17) is 18.9 Å². The quantitative estimate of drug-likeness (QED) is 0.288. The van der Waals surface area contributed by atoms with Crippen molar-refractivity contribution < 1.29 is 28.8 Å². The van der Waals surface area contributed by atoms with Gasteiger partial charge in [-0.2, -0.15) is 0 Å². The fourth-order valence-electron chi connectivity index (χ4n) is 3.81. The van der Waals surface area contributed by atoms with E-state index in [-0.39, 0.29) is 5.76 Å². The average molecular weight is 552 g/mol. The highest BCUT2D eigenvalue weighted by Crippen LogP contribution is 2.45. The van der Waals surface area contributed by atoms with Gasteiger partial charge in [0.25, 0.3) is 5.91 Å². The van der Waals surface area contributed by atoms with Gasteiger partial charge < -0.3 is 24.1 Å². The van der Waals surface area contributed by atoms with E-state index in [0.717, 1.165) is 22.6 Å². The van der Waals surface area contributed by atoms with Gasteiger partial charge in [0.2, 0.25) is 0 Å². The molecule has 1 aliphatic heterocycles. The molecule has 0 saturated heterocycles. The Morgan fingerprint density at radius 1 is 0.763 bits per heavy atom. The van der Waals surface area contributed by atoms with Crippen molar-refractivity contribution in [3.05, 3.63) is 99.6 Å². The average Bonchev–Trinajstić information content (AvgIpc) is 3.20. The first-order valence-corrected chi connectivity index (χ1v) is 13.7. The first-order valence-electron chi connectivity index (χ1n) is 11.7. The Labute approximate surface area is 231 Å². The number of thioether (sulfide) groups is 2. The summed E-state index contributed by atoms with van der Waals surface area (Å²) in [5.74, 6) is 3.05. The summed E-state index contributed by atoms with van der Waals surface area (Å²) in [6, 6.07) is 20.8. The summed E-state index contributed by atoms with van der Waals surface area (Å²) in [7, 11) is 6.36. The molecule has 3 aromatic carbocycles. The molecule has 3 aromatic rings. The minimum absolute atomic E-state index is 0.294. The second-order valence-electron chi connectivity index (χ2n) is 8.15. The molecule has 1 heterocycles. The smallest absolute Gasteiger partial charge is 0.299 e. The van der Waals surface area contributed by atoms with Crippen LogP contribution >= 0.6 is 23.5 Å². The van der Waals surface area contributed by atoms with Crippen LogP contribution in [0, 0.1) is 0 Å². The largest absolute Gasteiger partial charge is 0.502 e. The van der Waals surface area contributed by atoms with Crippen molar-refractivity contribution >= 4 is 35.1 Å². The van der Waals surface area contributed by atoms with Crippen molar-refractivity contribution in [3.8, 4) is 23.0 Å². The van der Waals surface area contributed by atoms with Gasteiger partial charge in [-0.1, -0.05) is 24.3 Å². The topological polar surface area (TPSA) is 77.5 Å². The number of nitrogens with zero attached hydrogens (tertiary/aromatic N) is 1. The number of carbonyl (C=O) groups excluding carboxylic acids is 1. The fraction of sp³-hybridized carbons (Fsp3) is 0.207. The molecule has 0 fully saturated rings. The van der Waals surface area contributed by atoms with Gasteiger partial charge in [-0.05, 0) is 52.9 Å². The third-order valence-corrected chi connectivity index (χ3v) is 7.93. The first kappa shape index (κ1) is 27.3. The maximum atomic E-state index is 13.4. The number of methoxy groups -OCH3 is 4. The number of anilines is 1. The van der Waals surface area contributed by atoms with Crippen LogP contribution in [-0.2, 0) is 16.3 Å². The van der Waals surface area contributed by atoms with E-state index in [9.17, 15) is 9.90 Å². The number of carbonyl (C=O) groups is 1. The molecule has 4 rings (SSSR count). The van der Waals surface area contributed by atoms with Crippen molar-refractivity contribution in [1.82, 2.24) is 0 Å². The number of hydrogen-bond donors (Lipinski definition) is 1. The molecule has 7 nitrogen and oxygen atoms in total. The maximum Gasteiger partial charge on any atom is 0.299 e. The summed E-state index contributed by atoms with van der Waals surface area (Å²) in [5, 5.41) is 12.9. The number of benzene rings is 3. The molecule has 38 heavy (non-hydrogen) atoms. The molecule has 0 aromatic heterocycles. The van der Waals surface area contributed by atoms with Crippen molar-refractivity contribution in [2.24, 2.45) is 0 Å². The molecule has 1 aliphatic rings. The van der Waals surface area contributed by atoms with Crippen LogP contribution in [0.15, 0.2) is 88.5 Å². The molecule has 0 spiro atoms. The highest BCUT2D eigenvalue weighted by atomic mass is 32.2.